The highest BCUT2D eigenvalue weighted by molar-refractivity contribution is 7.11. The zero-order valence-electron chi connectivity index (χ0n) is 20.2. The summed E-state index contributed by atoms with van der Waals surface area (Å²) in [4.78, 5) is 27.5. The van der Waals surface area contributed by atoms with Gasteiger partial charge in [0, 0.05) is 22.9 Å². The number of phenolic OH excluding ortho intramolecular Hbond substituents is 2. The number of aromatic hydroxyl groups is 2. The summed E-state index contributed by atoms with van der Waals surface area (Å²) in [5.41, 5.74) is 4.39. The lowest BCUT2D eigenvalue weighted by Crippen LogP contribution is -2.26. The van der Waals surface area contributed by atoms with Crippen molar-refractivity contribution in [2.75, 3.05) is 7.05 Å². The summed E-state index contributed by atoms with van der Waals surface area (Å²) in [5.74, 6) is -1.46. The van der Waals surface area contributed by atoms with Gasteiger partial charge < -0.3 is 15.1 Å². The maximum absolute atomic E-state index is 12.4. The summed E-state index contributed by atoms with van der Waals surface area (Å²) in [5, 5.41) is 19.5. The van der Waals surface area contributed by atoms with E-state index in [0.29, 0.717) is 6.54 Å². The van der Waals surface area contributed by atoms with Crippen molar-refractivity contribution in [3.8, 4) is 11.5 Å². The predicted molar refractivity (Wildman–Crippen MR) is 135 cm³/mol. The minimum Gasteiger partial charge on any atom is -0.507 e. The zero-order valence-corrected chi connectivity index (χ0v) is 21.0. The molecule has 6 heteroatoms. The molecule has 1 amide bonds. The monoisotopic (exact) mass is 467 g/mol. The van der Waals surface area contributed by atoms with Crippen LogP contribution >= 0.6 is 11.3 Å². The average molecular weight is 468 g/mol. The van der Waals surface area contributed by atoms with Crippen LogP contribution in [-0.4, -0.2) is 33.9 Å². The number of hydrogen-bond donors (Lipinski definition) is 2. The van der Waals surface area contributed by atoms with Crippen LogP contribution in [-0.2, 0) is 19.4 Å². The summed E-state index contributed by atoms with van der Waals surface area (Å²) in [6.07, 6.45) is 2.31. The number of aryl methyl sites for hydroxylation is 4. The Morgan fingerprint density at radius 1 is 0.879 bits per heavy atom. The van der Waals surface area contributed by atoms with Gasteiger partial charge in [-0.3, -0.25) is 9.59 Å². The van der Waals surface area contributed by atoms with Crippen molar-refractivity contribution in [2.24, 2.45) is 0 Å². The highest BCUT2D eigenvalue weighted by Gasteiger charge is 2.20. The fourth-order valence-corrected chi connectivity index (χ4v) is 4.48. The first-order chi connectivity index (χ1) is 15.6. The molecule has 0 atom stereocenters. The average Bonchev–Trinajstić information content (AvgIpc) is 3.17. The molecule has 0 spiro atoms. The van der Waals surface area contributed by atoms with Crippen molar-refractivity contribution in [3.63, 3.8) is 0 Å². The van der Waals surface area contributed by atoms with Crippen LogP contribution in [0.5, 0.6) is 11.5 Å². The Balaban J connectivity index is 0.000000294. The van der Waals surface area contributed by atoms with Gasteiger partial charge in [-0.05, 0) is 62.9 Å². The SMILES string of the molecule is CC(=O)c1cc(C(=O)N(C)Cc2ccc(C)s2)c(O)cc1O.CCc1ccc(C)cc1CC. The Morgan fingerprint density at radius 2 is 1.52 bits per heavy atom. The van der Waals surface area contributed by atoms with Crippen molar-refractivity contribution < 1.29 is 19.8 Å². The van der Waals surface area contributed by atoms with Crippen molar-refractivity contribution in [3.05, 3.63) is 80.0 Å². The van der Waals surface area contributed by atoms with E-state index in [4.69, 9.17) is 0 Å². The summed E-state index contributed by atoms with van der Waals surface area (Å²) in [7, 11) is 1.62. The number of Topliss-reactive ketones (excluding diaryl/α,β-unsaturated/α-hetero) is 1. The van der Waals surface area contributed by atoms with E-state index in [-0.39, 0.29) is 28.4 Å². The van der Waals surface area contributed by atoms with Crippen LogP contribution in [0.3, 0.4) is 0 Å². The first-order valence-electron chi connectivity index (χ1n) is 11.0. The molecule has 0 aliphatic rings. The van der Waals surface area contributed by atoms with E-state index >= 15 is 0 Å². The molecule has 1 heterocycles. The second kappa shape index (κ2) is 11.7. The first kappa shape index (κ1) is 26.1. The third kappa shape index (κ3) is 6.93. The Morgan fingerprint density at radius 3 is 2.06 bits per heavy atom. The van der Waals surface area contributed by atoms with Crippen molar-refractivity contribution in [1.82, 2.24) is 4.90 Å². The molecule has 3 aromatic rings. The number of carbonyl (C=O) groups is 2. The highest BCUT2D eigenvalue weighted by atomic mass is 32.1. The van der Waals surface area contributed by atoms with Gasteiger partial charge in [0.2, 0.25) is 0 Å². The van der Waals surface area contributed by atoms with Gasteiger partial charge in [-0.15, -0.1) is 11.3 Å². The van der Waals surface area contributed by atoms with E-state index < -0.39 is 5.91 Å². The highest BCUT2D eigenvalue weighted by Crippen LogP contribution is 2.29. The largest absolute Gasteiger partial charge is 0.507 e. The molecule has 0 fully saturated rings. The Labute approximate surface area is 200 Å². The number of amides is 1. The number of hydrogen-bond acceptors (Lipinski definition) is 5. The van der Waals surface area contributed by atoms with Gasteiger partial charge in [0.1, 0.15) is 11.5 Å². The van der Waals surface area contributed by atoms with Crippen LogP contribution in [0.15, 0.2) is 42.5 Å². The molecule has 0 saturated heterocycles. The van der Waals surface area contributed by atoms with Crippen LogP contribution < -0.4 is 0 Å². The summed E-state index contributed by atoms with van der Waals surface area (Å²) >= 11 is 1.59. The molecule has 2 N–H and O–H groups in total. The molecule has 176 valence electrons. The van der Waals surface area contributed by atoms with Gasteiger partial charge in [0.15, 0.2) is 5.78 Å². The van der Waals surface area contributed by atoms with Crippen molar-refractivity contribution in [1.29, 1.82) is 0 Å². The summed E-state index contributed by atoms with van der Waals surface area (Å²) in [6.45, 7) is 10.3. The number of ketones is 1. The number of benzene rings is 2. The van der Waals surface area contributed by atoms with Gasteiger partial charge in [0.05, 0.1) is 17.7 Å². The predicted octanol–water partition coefficient (Wildman–Crippen LogP) is 6.06. The molecule has 0 aliphatic heterocycles. The van der Waals surface area contributed by atoms with E-state index in [9.17, 15) is 19.8 Å². The van der Waals surface area contributed by atoms with Crippen LogP contribution in [0.25, 0.3) is 0 Å². The second-order valence-corrected chi connectivity index (χ2v) is 9.47. The van der Waals surface area contributed by atoms with Gasteiger partial charge in [0.25, 0.3) is 5.91 Å². The third-order valence-corrected chi connectivity index (χ3v) is 6.37. The zero-order chi connectivity index (χ0) is 24.7. The molecule has 0 aliphatic carbocycles. The Bertz CT molecular complexity index is 1130. The van der Waals surface area contributed by atoms with Crippen LogP contribution in [0, 0.1) is 13.8 Å². The van der Waals surface area contributed by atoms with Gasteiger partial charge in [-0.2, -0.15) is 0 Å². The molecule has 3 rings (SSSR count). The fraction of sp³-hybridized carbons (Fsp3) is 0.333. The molecule has 0 bridgehead atoms. The lowest BCUT2D eigenvalue weighted by molar-refractivity contribution is 0.0783. The van der Waals surface area contributed by atoms with Crippen LogP contribution in [0.4, 0.5) is 0 Å². The summed E-state index contributed by atoms with van der Waals surface area (Å²) in [6, 6.07) is 12.9. The minimum atomic E-state index is -0.411. The Hall–Kier alpha value is -3.12. The lowest BCUT2D eigenvalue weighted by Gasteiger charge is -2.17. The Kier molecular flexibility index (Phi) is 9.23. The molecule has 0 radical (unpaired) electrons. The number of nitrogens with zero attached hydrogens (tertiary/aromatic N) is 1. The molecule has 0 saturated carbocycles. The molecular formula is C27H33NO4S. The van der Waals surface area contributed by atoms with E-state index in [2.05, 4.69) is 39.0 Å². The number of carbonyl (C=O) groups excluding carboxylic acids is 2. The molecule has 33 heavy (non-hydrogen) atoms. The van der Waals surface area contributed by atoms with Crippen LogP contribution in [0.1, 0.15) is 67.9 Å². The quantitative estimate of drug-likeness (QED) is 0.432. The van der Waals surface area contributed by atoms with E-state index in [1.54, 1.807) is 18.4 Å². The number of thiophene rings is 1. The molecule has 2 aromatic carbocycles. The molecule has 5 nitrogen and oxygen atoms in total. The van der Waals surface area contributed by atoms with Crippen molar-refractivity contribution in [2.45, 2.75) is 54.0 Å². The van der Waals surface area contributed by atoms with Gasteiger partial charge >= 0.3 is 0 Å². The van der Waals surface area contributed by atoms with Crippen molar-refractivity contribution >= 4 is 23.0 Å². The topological polar surface area (TPSA) is 77.8 Å². The summed E-state index contributed by atoms with van der Waals surface area (Å²) < 4.78 is 0. The second-order valence-electron chi connectivity index (χ2n) is 8.10. The van der Waals surface area contributed by atoms with Crippen LogP contribution in [0.2, 0.25) is 0 Å². The maximum Gasteiger partial charge on any atom is 0.257 e. The molecular weight excluding hydrogens is 434 g/mol. The molecule has 1 aromatic heterocycles. The van der Waals surface area contributed by atoms with E-state index in [1.807, 2.05) is 19.1 Å². The van der Waals surface area contributed by atoms with Gasteiger partial charge in [-0.25, -0.2) is 0 Å². The smallest absolute Gasteiger partial charge is 0.257 e. The normalized spacial score (nSPS) is 10.4. The fourth-order valence-electron chi connectivity index (χ4n) is 3.54. The maximum atomic E-state index is 12.4. The van der Waals surface area contributed by atoms with Gasteiger partial charge in [-0.1, -0.05) is 37.6 Å². The first-order valence-corrected chi connectivity index (χ1v) is 11.8. The van der Waals surface area contributed by atoms with E-state index in [1.165, 1.54) is 34.6 Å². The number of phenols is 2. The number of rotatable bonds is 6. The third-order valence-electron chi connectivity index (χ3n) is 5.38. The lowest BCUT2D eigenvalue weighted by atomic mass is 10.0. The molecule has 0 unspecified atom stereocenters. The standard InChI is InChI=1S/C16H17NO4S.C11H16/c1-9-4-5-11(22-9)8-17(3)16(21)13-6-12(10(2)18)14(19)7-15(13)20;1-4-10-7-6-9(3)8-11(10)5-2/h4-7,19-20H,8H2,1-3H3;6-8H,4-5H2,1-3H3. The minimum absolute atomic E-state index is 0.00113. The van der Waals surface area contributed by atoms with E-state index in [0.717, 1.165) is 28.7 Å².